The molecule has 6 heterocycles. The summed E-state index contributed by atoms with van der Waals surface area (Å²) in [7, 11) is 4.34. The number of carbonyl (C=O) groups excluding carboxylic acids is 3. The number of aryl methyl sites for hydroxylation is 1. The predicted molar refractivity (Wildman–Crippen MR) is 183 cm³/mol. The number of nitrogens with zero attached hydrogens (tertiary/aromatic N) is 7. The molecule has 0 atom stereocenters. The van der Waals surface area contributed by atoms with Crippen molar-refractivity contribution in [2.75, 3.05) is 0 Å². The van der Waals surface area contributed by atoms with E-state index in [9.17, 15) is 29.7 Å². The fraction of sp³-hybridized carbons (Fsp3) is 0.129. The summed E-state index contributed by atoms with van der Waals surface area (Å²) >= 11 is 6.43. The van der Waals surface area contributed by atoms with Gasteiger partial charge in [-0.1, -0.05) is 0 Å². The van der Waals surface area contributed by atoms with Crippen molar-refractivity contribution < 1.29 is 29.7 Å². The quantitative estimate of drug-likeness (QED) is 0.0736. The molecule has 1 radical (unpaired) electrons. The van der Waals surface area contributed by atoms with Gasteiger partial charge in [0, 0.05) is 67.4 Å². The van der Waals surface area contributed by atoms with E-state index in [1.54, 1.807) is 55.8 Å². The molecule has 3 N–H and O–H groups in total. The van der Waals surface area contributed by atoms with E-state index in [1.165, 1.54) is 27.0 Å². The zero-order valence-electron chi connectivity index (χ0n) is 25.4. The first-order valence-corrected chi connectivity index (χ1v) is 14.6. The van der Waals surface area contributed by atoms with Gasteiger partial charge in [0.25, 0.3) is 0 Å². The van der Waals surface area contributed by atoms with Crippen LogP contribution in [0.25, 0.3) is 32.7 Å². The van der Waals surface area contributed by atoms with Gasteiger partial charge in [-0.25, -0.2) is 15.0 Å². The number of thiol groups is 1. The summed E-state index contributed by atoms with van der Waals surface area (Å²) in [5, 5.41) is 31.4. The van der Waals surface area contributed by atoms with E-state index in [1.807, 2.05) is 6.07 Å². The number of hydrogen-bond donors (Lipinski definition) is 4. The molecule has 16 heteroatoms. The first-order chi connectivity index (χ1) is 22.3. The van der Waals surface area contributed by atoms with Crippen LogP contribution in [0.5, 0.6) is 17.2 Å². The van der Waals surface area contributed by atoms with Gasteiger partial charge < -0.3 is 15.3 Å². The Morgan fingerprint density at radius 2 is 1.13 bits per heavy atom. The van der Waals surface area contributed by atoms with Crippen LogP contribution in [0, 0.1) is 6.92 Å². The molecule has 0 amide bonds. The number of rotatable bonds is 3. The Hall–Kier alpha value is -5.22. The molecule has 0 aromatic carbocycles. The van der Waals surface area contributed by atoms with Crippen LogP contribution in [0.4, 0.5) is 0 Å². The summed E-state index contributed by atoms with van der Waals surface area (Å²) < 4.78 is 3.20. The van der Waals surface area contributed by atoms with E-state index in [2.05, 4.69) is 70.6 Å². The zero-order valence-corrected chi connectivity index (χ0v) is 27.9. The molecule has 0 saturated carbocycles. The van der Waals surface area contributed by atoms with Gasteiger partial charge in [0.1, 0.15) is 32.5 Å². The minimum absolute atomic E-state index is 0.0353. The number of fused-ring (bicyclic) bond motifs is 3. The van der Waals surface area contributed by atoms with Gasteiger partial charge in [-0.2, -0.15) is 0 Å². The van der Waals surface area contributed by atoms with Crippen molar-refractivity contribution in [2.24, 2.45) is 4.30 Å². The molecular weight excluding hydrogens is 689 g/mol. The molecule has 0 aliphatic carbocycles. The maximum atomic E-state index is 11.2. The van der Waals surface area contributed by atoms with E-state index < -0.39 is 0 Å². The van der Waals surface area contributed by atoms with Crippen molar-refractivity contribution in [3.63, 3.8) is 0 Å². The van der Waals surface area contributed by atoms with Crippen molar-refractivity contribution in [3.05, 3.63) is 88.6 Å². The molecule has 6 aromatic rings. The molecule has 0 aliphatic heterocycles. The van der Waals surface area contributed by atoms with Gasteiger partial charge >= 0.3 is 24.8 Å². The van der Waals surface area contributed by atoms with E-state index in [-0.39, 0.29) is 51.7 Å². The fourth-order valence-corrected chi connectivity index (χ4v) is 4.64. The minimum atomic E-state index is -0.291. The van der Waals surface area contributed by atoms with Crippen molar-refractivity contribution in [1.82, 2.24) is 29.9 Å². The molecule has 6 rings (SSSR count). The van der Waals surface area contributed by atoms with Crippen LogP contribution in [0.1, 0.15) is 57.9 Å². The van der Waals surface area contributed by atoms with Gasteiger partial charge in [0.2, 0.25) is 0 Å². The van der Waals surface area contributed by atoms with Gasteiger partial charge in [-0.05, 0) is 59.3 Å². The van der Waals surface area contributed by atoms with Gasteiger partial charge in [-0.3, -0.25) is 29.3 Å². The number of halogens is 1. The monoisotopic (exact) mass is 714 g/mol. The topological polar surface area (TPSA) is 202 Å². The number of ketones is 3. The van der Waals surface area contributed by atoms with Gasteiger partial charge in [0.15, 0.2) is 40.3 Å². The molecule has 237 valence electrons. The average Bonchev–Trinajstić information content (AvgIpc) is 3.05. The molecule has 0 unspecified atom stereocenters. The number of Topliss-reactive ketones (excluding diaryl/α,β-unsaturated/α-hetero) is 3. The Morgan fingerprint density at radius 3 is 1.66 bits per heavy atom. The van der Waals surface area contributed by atoms with Crippen LogP contribution >= 0.6 is 28.7 Å². The summed E-state index contributed by atoms with van der Waals surface area (Å²) in [5.74, 6) is -1.26. The molecule has 47 heavy (non-hydrogen) atoms. The Kier molecular flexibility index (Phi) is 12.6. The number of carbonyl (C=O) groups is 3. The van der Waals surface area contributed by atoms with Crippen molar-refractivity contribution in [3.8, 4) is 17.2 Å². The van der Waals surface area contributed by atoms with Crippen LogP contribution in [0.15, 0.2) is 70.1 Å². The van der Waals surface area contributed by atoms with Crippen LogP contribution in [0.3, 0.4) is 0 Å². The number of pyridine rings is 6. The number of aromatic nitrogens is 6. The maximum absolute atomic E-state index is 11.2. The number of hydrogen-bond acceptors (Lipinski definition) is 14. The molecule has 0 saturated heterocycles. The molecule has 0 bridgehead atoms. The van der Waals surface area contributed by atoms with Crippen molar-refractivity contribution in [2.45, 2.75) is 27.7 Å². The fourth-order valence-electron chi connectivity index (χ4n) is 4.14. The van der Waals surface area contributed by atoms with Crippen LogP contribution in [-0.4, -0.2) is 70.2 Å². The Morgan fingerprint density at radius 1 is 0.702 bits per heavy atom. The normalized spacial score (nSPS) is 10.1. The predicted octanol–water partition coefficient (Wildman–Crippen LogP) is 5.87. The summed E-state index contributed by atoms with van der Waals surface area (Å²) in [6.07, 6.45) is 6.22. The molecule has 0 fully saturated rings. The molecule has 6 aromatic heterocycles. The van der Waals surface area contributed by atoms with E-state index in [0.717, 1.165) is 10.8 Å². The second-order valence-electron chi connectivity index (χ2n) is 9.47. The van der Waals surface area contributed by atoms with Crippen molar-refractivity contribution >= 4 is 86.4 Å². The molecule has 0 aliphatic rings. The molecule has 0 spiro atoms. The van der Waals surface area contributed by atoms with Crippen molar-refractivity contribution in [1.29, 1.82) is 0 Å². The second-order valence-corrected chi connectivity index (χ2v) is 10.5. The first-order valence-electron chi connectivity index (χ1n) is 13.4. The third-order valence-electron chi connectivity index (χ3n) is 6.23. The van der Waals surface area contributed by atoms with Crippen LogP contribution in [-0.2, 0) is 0 Å². The van der Waals surface area contributed by atoms with E-state index in [0.29, 0.717) is 32.2 Å². The third kappa shape index (κ3) is 8.53. The summed E-state index contributed by atoms with van der Waals surface area (Å²) in [5.41, 5.74) is 2.09. The third-order valence-corrected chi connectivity index (χ3v) is 6.84. The molecule has 13 nitrogen and oxygen atoms in total. The Balaban J connectivity index is 0.000000184. The second kappa shape index (κ2) is 16.4. The van der Waals surface area contributed by atoms with Gasteiger partial charge in [0.05, 0.1) is 0 Å². The molecular formula is C31H26BBrN7O6S. The van der Waals surface area contributed by atoms with E-state index in [4.69, 9.17) is 0 Å². The standard InChI is InChI=1S/C11H10N2O2.C10H7BrN2O2.C10H8N2O2.BHNS/c1-6-8-4-3-5-12-10(8)11(15)9(13-6)7(2)14;1-5(14)7-9(15)8-6(10(11)13-7)3-2-4-12-8;1-6(13)8-10(14)9-7(5-12-8)3-2-4-11-9;1-2-3/h3-5,15H,1-2H3;2-4,15H,1H3;2-5,14H,1H3;3H. The number of aromatic hydroxyl groups is 3. The average molecular weight is 715 g/mol. The van der Waals surface area contributed by atoms with E-state index >= 15 is 0 Å². The first kappa shape index (κ1) is 36.3. The summed E-state index contributed by atoms with van der Waals surface area (Å²) in [6, 6.07) is 10.6. The zero-order chi connectivity index (χ0) is 34.8. The van der Waals surface area contributed by atoms with Crippen LogP contribution in [0.2, 0.25) is 0 Å². The van der Waals surface area contributed by atoms with Gasteiger partial charge in [-0.15, -0.1) is 0 Å². The Bertz CT molecular complexity index is 2050. The Labute approximate surface area is 283 Å². The SMILES string of the molecule is CC(=O)c1nc(Br)c2cccnc2c1O.CC(=O)c1nc(C)c2cccnc2c1O.CC(=O)c1ncc2cccnc2c1O.[B]=NS. The van der Waals surface area contributed by atoms with Crippen LogP contribution < -0.4 is 0 Å². The summed E-state index contributed by atoms with van der Waals surface area (Å²) in [4.78, 5) is 57.4. The summed E-state index contributed by atoms with van der Waals surface area (Å²) in [6.45, 7) is 5.87.